The lowest BCUT2D eigenvalue weighted by Gasteiger charge is -2.25. The Balaban J connectivity index is 2.15. The molecule has 21 heavy (non-hydrogen) atoms. The summed E-state index contributed by atoms with van der Waals surface area (Å²) in [6, 6.07) is 3.10. The van der Waals surface area contributed by atoms with E-state index in [-0.39, 0.29) is 5.69 Å². The van der Waals surface area contributed by atoms with Crippen molar-refractivity contribution in [1.29, 1.82) is 0 Å². The Kier molecular flexibility index (Phi) is 4.54. The highest BCUT2D eigenvalue weighted by Gasteiger charge is 2.23. The second-order valence-corrected chi connectivity index (χ2v) is 8.65. The van der Waals surface area contributed by atoms with Gasteiger partial charge >= 0.3 is 0 Å². The summed E-state index contributed by atoms with van der Waals surface area (Å²) in [6.45, 7) is 0.297. The fraction of sp³-hybridized carbons (Fsp3) is 0.500. The molecule has 0 aromatic heterocycles. The molecule has 1 fully saturated rings. The van der Waals surface area contributed by atoms with Crippen LogP contribution in [0.15, 0.2) is 23.1 Å². The monoisotopic (exact) mass is 336 g/mol. The summed E-state index contributed by atoms with van der Waals surface area (Å²) in [5.74, 6) is -0.682. The third-order valence-electron chi connectivity index (χ3n) is 3.31. The Labute approximate surface area is 123 Å². The summed E-state index contributed by atoms with van der Waals surface area (Å²) < 4.78 is 64.5. The Morgan fingerprint density at radius 3 is 2.38 bits per heavy atom. The largest absolute Gasteiger partial charge is 0.284 e. The summed E-state index contributed by atoms with van der Waals surface area (Å²) >= 11 is 0. The lowest BCUT2D eigenvalue weighted by Crippen LogP contribution is -2.32. The molecule has 0 unspecified atom stereocenters. The van der Waals surface area contributed by atoms with Gasteiger partial charge in [-0.15, -0.1) is 0 Å². The molecule has 0 heterocycles. The first-order valence-corrected chi connectivity index (χ1v) is 9.82. The minimum Gasteiger partial charge on any atom is -0.284 e. The standard InChI is InChI=1S/C12H17FN2O4S2/c1-20(16,17)15-10-5-6-12(11(13)7-10)21(18,19)14-8-9-3-2-4-9/h5-7,9,14-15H,2-4,8H2,1H3. The second-order valence-electron chi connectivity index (χ2n) is 5.17. The van der Waals surface area contributed by atoms with Crippen LogP contribution in [0.1, 0.15) is 19.3 Å². The maximum atomic E-state index is 13.9. The summed E-state index contributed by atoms with van der Waals surface area (Å²) in [4.78, 5) is -0.485. The van der Waals surface area contributed by atoms with Crippen molar-refractivity contribution in [2.45, 2.75) is 24.2 Å². The highest BCUT2D eigenvalue weighted by molar-refractivity contribution is 7.92. The molecule has 118 valence electrons. The van der Waals surface area contributed by atoms with Gasteiger partial charge in [-0.3, -0.25) is 4.72 Å². The van der Waals surface area contributed by atoms with Crippen molar-refractivity contribution in [2.75, 3.05) is 17.5 Å². The average Bonchev–Trinajstić information content (AvgIpc) is 2.23. The molecule has 0 aliphatic heterocycles. The lowest BCUT2D eigenvalue weighted by atomic mass is 9.86. The first kappa shape index (κ1) is 16.2. The third kappa shape index (κ3) is 4.39. The van der Waals surface area contributed by atoms with Crippen molar-refractivity contribution in [2.24, 2.45) is 5.92 Å². The van der Waals surface area contributed by atoms with E-state index in [2.05, 4.69) is 9.44 Å². The zero-order valence-corrected chi connectivity index (χ0v) is 13.1. The molecule has 9 heteroatoms. The number of nitrogens with one attached hydrogen (secondary N) is 2. The van der Waals surface area contributed by atoms with E-state index < -0.39 is 30.8 Å². The van der Waals surface area contributed by atoms with Gasteiger partial charge in [0.05, 0.1) is 11.9 Å². The predicted molar refractivity (Wildman–Crippen MR) is 77.4 cm³/mol. The lowest BCUT2D eigenvalue weighted by molar-refractivity contribution is 0.316. The first-order valence-electron chi connectivity index (χ1n) is 6.44. The minimum absolute atomic E-state index is 0.0204. The maximum Gasteiger partial charge on any atom is 0.243 e. The van der Waals surface area contributed by atoms with Gasteiger partial charge in [-0.05, 0) is 37.0 Å². The molecule has 0 spiro atoms. The van der Waals surface area contributed by atoms with Gasteiger partial charge in [0.2, 0.25) is 20.0 Å². The Hall–Kier alpha value is -1.19. The molecule has 1 aromatic rings. The van der Waals surface area contributed by atoms with Crippen LogP contribution < -0.4 is 9.44 Å². The highest BCUT2D eigenvalue weighted by Crippen LogP contribution is 2.26. The van der Waals surface area contributed by atoms with Crippen LogP contribution in [0.4, 0.5) is 10.1 Å². The second kappa shape index (κ2) is 5.90. The number of sulfonamides is 2. The minimum atomic E-state index is -3.92. The van der Waals surface area contributed by atoms with E-state index in [1.165, 1.54) is 6.07 Å². The van der Waals surface area contributed by atoms with Crippen LogP contribution in [-0.4, -0.2) is 29.6 Å². The molecule has 1 aromatic carbocycles. The Morgan fingerprint density at radius 2 is 1.90 bits per heavy atom. The smallest absolute Gasteiger partial charge is 0.243 e. The van der Waals surface area contributed by atoms with Gasteiger partial charge in [0.25, 0.3) is 0 Å². The van der Waals surface area contributed by atoms with Crippen molar-refractivity contribution in [3.05, 3.63) is 24.0 Å². The van der Waals surface area contributed by atoms with Crippen molar-refractivity contribution in [3.8, 4) is 0 Å². The van der Waals surface area contributed by atoms with E-state index in [0.717, 1.165) is 37.7 Å². The van der Waals surface area contributed by atoms with E-state index in [9.17, 15) is 21.2 Å². The van der Waals surface area contributed by atoms with Crippen LogP contribution in [0.25, 0.3) is 0 Å². The molecular formula is C12H17FN2O4S2. The van der Waals surface area contributed by atoms with Gasteiger partial charge in [-0.2, -0.15) is 0 Å². The number of benzene rings is 1. The van der Waals surface area contributed by atoms with E-state index in [0.29, 0.717) is 12.5 Å². The van der Waals surface area contributed by atoms with Gasteiger partial charge in [0.1, 0.15) is 10.7 Å². The fourth-order valence-corrected chi connectivity index (χ4v) is 3.73. The van der Waals surface area contributed by atoms with Gasteiger partial charge in [-0.25, -0.2) is 25.9 Å². The summed E-state index contributed by atoms with van der Waals surface area (Å²) in [5.41, 5.74) is -0.0204. The first-order chi connectivity index (χ1) is 9.67. The summed E-state index contributed by atoms with van der Waals surface area (Å²) in [5, 5.41) is 0. The molecular weight excluding hydrogens is 319 g/mol. The number of anilines is 1. The molecule has 1 aliphatic carbocycles. The van der Waals surface area contributed by atoms with Crippen molar-refractivity contribution >= 4 is 25.7 Å². The van der Waals surface area contributed by atoms with Crippen LogP contribution >= 0.6 is 0 Å². The van der Waals surface area contributed by atoms with Gasteiger partial charge < -0.3 is 0 Å². The van der Waals surface area contributed by atoms with E-state index >= 15 is 0 Å². The molecule has 0 amide bonds. The molecule has 0 saturated heterocycles. The Morgan fingerprint density at radius 1 is 1.24 bits per heavy atom. The third-order valence-corrected chi connectivity index (χ3v) is 5.37. The molecule has 6 nitrogen and oxygen atoms in total. The summed E-state index contributed by atoms with van der Waals surface area (Å²) in [7, 11) is -7.47. The molecule has 2 N–H and O–H groups in total. The fourth-order valence-electron chi connectivity index (χ4n) is 2.00. The normalized spacial score (nSPS) is 16.5. The van der Waals surface area contributed by atoms with Crippen molar-refractivity contribution in [1.82, 2.24) is 4.72 Å². The van der Waals surface area contributed by atoms with E-state index in [4.69, 9.17) is 0 Å². The van der Waals surface area contributed by atoms with Crippen molar-refractivity contribution in [3.63, 3.8) is 0 Å². The molecule has 2 rings (SSSR count). The zero-order valence-electron chi connectivity index (χ0n) is 11.5. The van der Waals surface area contributed by atoms with Gasteiger partial charge in [0, 0.05) is 6.54 Å². The van der Waals surface area contributed by atoms with Crippen LogP contribution in [0.2, 0.25) is 0 Å². The zero-order chi connectivity index (χ0) is 15.7. The predicted octanol–water partition coefficient (Wildman–Crippen LogP) is 1.28. The van der Waals surface area contributed by atoms with Crippen LogP contribution in [0, 0.1) is 11.7 Å². The van der Waals surface area contributed by atoms with Crippen LogP contribution in [-0.2, 0) is 20.0 Å². The topological polar surface area (TPSA) is 92.3 Å². The number of halogens is 1. The van der Waals surface area contributed by atoms with Crippen LogP contribution in [0.5, 0.6) is 0 Å². The average molecular weight is 336 g/mol. The number of rotatable bonds is 6. The van der Waals surface area contributed by atoms with E-state index in [1.54, 1.807) is 0 Å². The number of hydrogen-bond acceptors (Lipinski definition) is 4. The van der Waals surface area contributed by atoms with Crippen molar-refractivity contribution < 1.29 is 21.2 Å². The van der Waals surface area contributed by atoms with Crippen LogP contribution in [0.3, 0.4) is 0 Å². The van der Waals surface area contributed by atoms with Gasteiger partial charge in [-0.1, -0.05) is 6.42 Å². The molecule has 1 aliphatic rings. The van der Waals surface area contributed by atoms with E-state index in [1.807, 2.05) is 0 Å². The highest BCUT2D eigenvalue weighted by atomic mass is 32.2. The molecule has 1 saturated carbocycles. The maximum absolute atomic E-state index is 13.9. The molecule has 0 radical (unpaired) electrons. The summed E-state index contributed by atoms with van der Waals surface area (Å²) in [6.07, 6.45) is 3.97. The van der Waals surface area contributed by atoms with Gasteiger partial charge in [0.15, 0.2) is 0 Å². The quantitative estimate of drug-likeness (QED) is 0.818. The Bertz CT molecular complexity index is 728. The number of hydrogen-bond donors (Lipinski definition) is 2. The molecule has 0 bridgehead atoms. The SMILES string of the molecule is CS(=O)(=O)Nc1ccc(S(=O)(=O)NCC2CCC2)c(F)c1. The molecule has 0 atom stereocenters.